The Morgan fingerprint density at radius 3 is 2.67 bits per heavy atom. The number of benzene rings is 1. The normalized spacial score (nSPS) is 20.2. The van der Waals surface area contributed by atoms with Gasteiger partial charge in [-0.2, -0.15) is 5.10 Å². The summed E-state index contributed by atoms with van der Waals surface area (Å²) >= 11 is 0. The lowest BCUT2D eigenvalue weighted by Gasteiger charge is -2.33. The summed E-state index contributed by atoms with van der Waals surface area (Å²) in [6.45, 7) is 8.30. The van der Waals surface area contributed by atoms with E-state index < -0.39 is 0 Å². The summed E-state index contributed by atoms with van der Waals surface area (Å²) in [5.74, 6) is -0.830. The Morgan fingerprint density at radius 2 is 1.90 bits per heavy atom. The van der Waals surface area contributed by atoms with E-state index in [2.05, 4.69) is 17.0 Å². The molecular weight excluding hydrogens is 497 g/mol. The summed E-state index contributed by atoms with van der Waals surface area (Å²) in [7, 11) is 0. The fourth-order valence-corrected chi connectivity index (χ4v) is 5.83. The third kappa shape index (κ3) is 5.63. The molecule has 0 bridgehead atoms. The van der Waals surface area contributed by atoms with Crippen molar-refractivity contribution < 1.29 is 18.7 Å². The second kappa shape index (κ2) is 11.7. The number of esters is 1. The van der Waals surface area contributed by atoms with Gasteiger partial charge in [-0.1, -0.05) is 19.8 Å². The number of hydrogen-bond donors (Lipinski definition) is 0. The fourth-order valence-electron chi connectivity index (χ4n) is 5.83. The number of nitrogens with zero attached hydrogens (tertiary/aromatic N) is 5. The lowest BCUT2D eigenvalue weighted by Crippen LogP contribution is -2.39. The summed E-state index contributed by atoms with van der Waals surface area (Å²) in [6, 6.07) is 8.87. The molecule has 0 aliphatic carbocycles. The third-order valence-electron chi connectivity index (χ3n) is 8.03. The number of aromatic nitrogens is 3. The number of anilines is 1. The van der Waals surface area contributed by atoms with Gasteiger partial charge in [-0.3, -0.25) is 9.59 Å². The van der Waals surface area contributed by atoms with Crippen molar-refractivity contribution in [1.82, 2.24) is 19.5 Å². The van der Waals surface area contributed by atoms with Crippen LogP contribution in [0.5, 0.6) is 0 Å². The van der Waals surface area contributed by atoms with E-state index in [1.54, 1.807) is 23.6 Å². The molecule has 1 aromatic carbocycles. The molecule has 208 valence electrons. The topological polar surface area (TPSA) is 80.0 Å². The molecule has 2 atom stereocenters. The molecule has 9 heteroatoms. The van der Waals surface area contributed by atoms with Crippen LogP contribution in [0.1, 0.15) is 75.5 Å². The molecule has 5 rings (SSSR count). The van der Waals surface area contributed by atoms with Gasteiger partial charge in [0.2, 0.25) is 0 Å². The lowest BCUT2D eigenvalue weighted by molar-refractivity contribution is -0.148. The summed E-state index contributed by atoms with van der Waals surface area (Å²) in [4.78, 5) is 34.3. The molecule has 0 spiro atoms. The van der Waals surface area contributed by atoms with Crippen molar-refractivity contribution in [2.45, 2.75) is 71.8 Å². The van der Waals surface area contributed by atoms with Crippen LogP contribution in [0.25, 0.3) is 16.9 Å². The fraction of sp³-hybridized carbons (Fsp3) is 0.533. The van der Waals surface area contributed by atoms with E-state index >= 15 is 4.39 Å². The van der Waals surface area contributed by atoms with Gasteiger partial charge in [-0.25, -0.2) is 13.9 Å². The summed E-state index contributed by atoms with van der Waals surface area (Å²) < 4.78 is 22.4. The van der Waals surface area contributed by atoms with Crippen LogP contribution in [0.3, 0.4) is 0 Å². The lowest BCUT2D eigenvalue weighted by atomic mass is 9.97. The van der Waals surface area contributed by atoms with Crippen molar-refractivity contribution in [2.75, 3.05) is 31.1 Å². The molecule has 2 saturated heterocycles. The van der Waals surface area contributed by atoms with E-state index in [-0.39, 0.29) is 29.7 Å². The van der Waals surface area contributed by atoms with Gasteiger partial charge >= 0.3 is 5.97 Å². The number of carbonyl (C=O) groups is 2. The Hall–Kier alpha value is -3.49. The predicted octanol–water partition coefficient (Wildman–Crippen LogP) is 5.28. The zero-order valence-corrected chi connectivity index (χ0v) is 23.2. The number of fused-ring (bicyclic) bond motifs is 1. The molecule has 2 aromatic heterocycles. The minimum Gasteiger partial charge on any atom is -0.466 e. The smallest absolute Gasteiger partial charge is 0.310 e. The molecule has 1 amide bonds. The van der Waals surface area contributed by atoms with Crippen LogP contribution in [0, 0.1) is 11.7 Å². The van der Waals surface area contributed by atoms with Crippen LogP contribution in [0.2, 0.25) is 0 Å². The number of piperidine rings is 1. The largest absolute Gasteiger partial charge is 0.466 e. The molecule has 0 unspecified atom stereocenters. The maximum absolute atomic E-state index is 15.5. The molecule has 3 aromatic rings. The van der Waals surface area contributed by atoms with Gasteiger partial charge in [-0.15, -0.1) is 0 Å². The second-order valence-electron chi connectivity index (χ2n) is 10.7. The Labute approximate surface area is 229 Å². The van der Waals surface area contributed by atoms with Crippen molar-refractivity contribution in [1.29, 1.82) is 0 Å². The van der Waals surface area contributed by atoms with Crippen molar-refractivity contribution in [3.05, 3.63) is 47.5 Å². The number of ether oxygens (including phenoxy) is 1. The molecule has 8 nitrogen and oxygen atoms in total. The van der Waals surface area contributed by atoms with E-state index in [1.165, 1.54) is 6.07 Å². The summed E-state index contributed by atoms with van der Waals surface area (Å²) in [5, 5.41) is 4.67. The maximum Gasteiger partial charge on any atom is 0.310 e. The zero-order valence-electron chi connectivity index (χ0n) is 23.2. The molecule has 0 N–H and O–H groups in total. The average molecular weight is 536 g/mol. The van der Waals surface area contributed by atoms with Crippen LogP contribution in [-0.2, 0) is 16.0 Å². The number of rotatable bonds is 6. The second-order valence-corrected chi connectivity index (χ2v) is 10.7. The van der Waals surface area contributed by atoms with Crippen molar-refractivity contribution in [3.63, 3.8) is 0 Å². The van der Waals surface area contributed by atoms with Gasteiger partial charge in [0.05, 0.1) is 18.2 Å². The van der Waals surface area contributed by atoms with Crippen molar-refractivity contribution in [2.24, 2.45) is 5.92 Å². The van der Waals surface area contributed by atoms with Gasteiger partial charge < -0.3 is 14.5 Å². The van der Waals surface area contributed by atoms with Gasteiger partial charge in [0, 0.05) is 48.7 Å². The highest BCUT2D eigenvalue weighted by molar-refractivity contribution is 5.93. The van der Waals surface area contributed by atoms with Crippen LogP contribution in [-0.4, -0.2) is 63.7 Å². The number of carbonyl (C=O) groups excluding carboxylic acids is 2. The van der Waals surface area contributed by atoms with Crippen LogP contribution >= 0.6 is 0 Å². The van der Waals surface area contributed by atoms with E-state index in [4.69, 9.17) is 4.74 Å². The van der Waals surface area contributed by atoms with Crippen LogP contribution in [0.15, 0.2) is 30.3 Å². The highest BCUT2D eigenvalue weighted by Crippen LogP contribution is 2.30. The Balaban J connectivity index is 1.41. The van der Waals surface area contributed by atoms with Crippen LogP contribution in [0.4, 0.5) is 10.1 Å². The standard InChI is InChI=1S/C30H38FN5O3/c1-4-22-17-27(29(37)35-15-8-6-7-10-20(35)3)32-28-18-26(33-36(22)28)24-13-12-23(16-25(24)31)34-14-9-11-21(19-34)30(38)39-5-2/h12-13,16-18,20-21H,4-11,14-15,19H2,1-3H3/t20-,21+/m1/s1. The maximum atomic E-state index is 15.5. The zero-order chi connectivity index (χ0) is 27.5. The number of hydrogen-bond acceptors (Lipinski definition) is 6. The monoisotopic (exact) mass is 535 g/mol. The number of amides is 1. The molecule has 39 heavy (non-hydrogen) atoms. The molecule has 2 aliphatic rings. The predicted molar refractivity (Wildman–Crippen MR) is 148 cm³/mol. The minimum atomic E-state index is -0.387. The molecule has 0 radical (unpaired) electrons. The van der Waals surface area contributed by atoms with Gasteiger partial charge in [-0.05, 0) is 70.2 Å². The SMILES string of the molecule is CCOC(=O)[C@H]1CCCN(c2ccc(-c3cc4nc(C(=O)N5CCCCC[C@H]5C)cc(CC)n4n3)c(F)c2)C1. The summed E-state index contributed by atoms with van der Waals surface area (Å²) in [5.41, 5.74) is 3.38. The van der Waals surface area contributed by atoms with E-state index in [9.17, 15) is 9.59 Å². The van der Waals surface area contributed by atoms with E-state index in [0.29, 0.717) is 42.2 Å². The quantitative estimate of drug-likeness (QED) is 0.400. The minimum absolute atomic E-state index is 0.0532. The Kier molecular flexibility index (Phi) is 8.14. The van der Waals surface area contributed by atoms with Crippen LogP contribution < -0.4 is 4.90 Å². The first kappa shape index (κ1) is 27.1. The molecule has 0 saturated carbocycles. The molecule has 2 fully saturated rings. The number of likely N-dealkylation sites (tertiary alicyclic amines) is 1. The molecule has 4 heterocycles. The summed E-state index contributed by atoms with van der Waals surface area (Å²) in [6.07, 6.45) is 6.58. The number of aryl methyl sites for hydroxylation is 1. The van der Waals surface area contributed by atoms with Gasteiger partial charge in [0.1, 0.15) is 11.5 Å². The highest BCUT2D eigenvalue weighted by atomic mass is 19.1. The molecular formula is C30H38FN5O3. The van der Waals surface area contributed by atoms with E-state index in [1.807, 2.05) is 28.9 Å². The molecule has 2 aliphatic heterocycles. The number of halogens is 1. The Bertz CT molecular complexity index is 1360. The van der Waals surface area contributed by atoms with Gasteiger partial charge in [0.15, 0.2) is 5.65 Å². The first-order valence-corrected chi connectivity index (χ1v) is 14.3. The average Bonchev–Trinajstić information content (AvgIpc) is 3.26. The van der Waals surface area contributed by atoms with E-state index in [0.717, 1.165) is 63.0 Å². The van der Waals surface area contributed by atoms with Crippen molar-refractivity contribution >= 4 is 23.2 Å². The Morgan fingerprint density at radius 1 is 1.05 bits per heavy atom. The highest BCUT2D eigenvalue weighted by Gasteiger charge is 2.28. The van der Waals surface area contributed by atoms with Gasteiger partial charge in [0.25, 0.3) is 5.91 Å². The first-order chi connectivity index (χ1) is 18.9. The van der Waals surface area contributed by atoms with Crippen molar-refractivity contribution in [3.8, 4) is 11.3 Å². The third-order valence-corrected chi connectivity index (χ3v) is 8.03. The first-order valence-electron chi connectivity index (χ1n) is 14.3.